The van der Waals surface area contributed by atoms with Gasteiger partial charge in [0.2, 0.25) is 5.91 Å². The van der Waals surface area contributed by atoms with E-state index in [0.29, 0.717) is 18.5 Å². The molecule has 0 radical (unpaired) electrons. The molecule has 1 N–H and O–H groups in total. The molecule has 0 spiro atoms. The maximum atomic E-state index is 13.3. The van der Waals surface area contributed by atoms with Gasteiger partial charge in [-0.05, 0) is 62.6 Å². The molecule has 176 valence electrons. The van der Waals surface area contributed by atoms with E-state index in [1.165, 1.54) is 0 Å². The number of pyridine rings is 1. The van der Waals surface area contributed by atoms with Crippen LogP contribution in [0.5, 0.6) is 5.75 Å². The van der Waals surface area contributed by atoms with Crippen molar-refractivity contribution in [3.63, 3.8) is 0 Å². The van der Waals surface area contributed by atoms with Crippen LogP contribution in [-0.4, -0.2) is 27.4 Å². The van der Waals surface area contributed by atoms with E-state index in [4.69, 9.17) is 9.84 Å². The summed E-state index contributed by atoms with van der Waals surface area (Å²) in [6.07, 6.45) is 0.601. The van der Waals surface area contributed by atoms with Crippen molar-refractivity contribution in [2.24, 2.45) is 7.05 Å². The molecule has 0 atom stereocenters. The number of nitrogens with zero attached hydrogens (tertiary/aromatic N) is 3. The summed E-state index contributed by atoms with van der Waals surface area (Å²) in [5.41, 5.74) is 6.08. The fourth-order valence-electron chi connectivity index (χ4n) is 4.34. The van der Waals surface area contributed by atoms with Crippen LogP contribution in [0.25, 0.3) is 16.7 Å². The lowest BCUT2D eigenvalue weighted by Gasteiger charge is -2.13. The summed E-state index contributed by atoms with van der Waals surface area (Å²) >= 11 is 0. The lowest BCUT2D eigenvalue weighted by Crippen LogP contribution is -2.27. The third-order valence-electron chi connectivity index (χ3n) is 6.25. The molecule has 2 aromatic heterocycles. The lowest BCUT2D eigenvalue weighted by atomic mass is 10.0. The number of amides is 1. The third-order valence-corrected chi connectivity index (χ3v) is 6.25. The van der Waals surface area contributed by atoms with Crippen molar-refractivity contribution in [1.82, 2.24) is 19.7 Å². The van der Waals surface area contributed by atoms with Crippen LogP contribution in [0.2, 0.25) is 0 Å². The highest BCUT2D eigenvalue weighted by atomic mass is 16.5. The van der Waals surface area contributed by atoms with Crippen molar-refractivity contribution in [1.29, 1.82) is 0 Å². The highest BCUT2D eigenvalue weighted by molar-refractivity contribution is 5.85. The van der Waals surface area contributed by atoms with Crippen molar-refractivity contribution in [3.8, 4) is 11.4 Å². The zero-order valence-electron chi connectivity index (χ0n) is 20.3. The van der Waals surface area contributed by atoms with E-state index in [0.717, 1.165) is 44.9 Å². The first-order valence-electron chi connectivity index (χ1n) is 11.3. The number of methoxy groups -OCH3 is 1. The number of carbonyl (C=O) groups is 1. The number of benzene rings is 2. The van der Waals surface area contributed by atoms with Crippen molar-refractivity contribution >= 4 is 16.9 Å². The second-order valence-corrected chi connectivity index (χ2v) is 8.63. The zero-order chi connectivity index (χ0) is 24.4. The SMILES string of the molecule is COc1cccc(CNC(=O)CCc2c(C)c3c(C)nn(-c4ccc(C)cc4)c3n(C)c2=O)c1. The second kappa shape index (κ2) is 9.55. The summed E-state index contributed by atoms with van der Waals surface area (Å²) in [4.78, 5) is 25.8. The molecule has 0 saturated heterocycles. The van der Waals surface area contributed by atoms with E-state index in [1.54, 1.807) is 18.7 Å². The van der Waals surface area contributed by atoms with Crippen LogP contribution in [0, 0.1) is 20.8 Å². The summed E-state index contributed by atoms with van der Waals surface area (Å²) < 4.78 is 8.69. The quantitative estimate of drug-likeness (QED) is 0.456. The number of aryl methyl sites for hydroxylation is 4. The molecule has 7 nitrogen and oxygen atoms in total. The molecule has 34 heavy (non-hydrogen) atoms. The fourth-order valence-corrected chi connectivity index (χ4v) is 4.34. The smallest absolute Gasteiger partial charge is 0.255 e. The van der Waals surface area contributed by atoms with Gasteiger partial charge in [0.1, 0.15) is 11.4 Å². The van der Waals surface area contributed by atoms with E-state index in [1.807, 2.05) is 74.0 Å². The number of hydrogen-bond acceptors (Lipinski definition) is 4. The molecule has 0 saturated carbocycles. The van der Waals surface area contributed by atoms with Gasteiger partial charge in [-0.3, -0.25) is 14.2 Å². The Balaban J connectivity index is 1.57. The average Bonchev–Trinajstić information content (AvgIpc) is 3.19. The van der Waals surface area contributed by atoms with Crippen LogP contribution in [0.4, 0.5) is 0 Å². The number of nitrogens with one attached hydrogen (secondary N) is 1. The fraction of sp³-hybridized carbons (Fsp3) is 0.296. The summed E-state index contributed by atoms with van der Waals surface area (Å²) in [5, 5.41) is 8.62. The molecule has 2 heterocycles. The third kappa shape index (κ3) is 4.46. The van der Waals surface area contributed by atoms with E-state index >= 15 is 0 Å². The highest BCUT2D eigenvalue weighted by Crippen LogP contribution is 2.26. The van der Waals surface area contributed by atoms with Crippen LogP contribution in [0.3, 0.4) is 0 Å². The Hall–Kier alpha value is -3.87. The molecule has 2 aromatic carbocycles. The van der Waals surface area contributed by atoms with Crippen LogP contribution < -0.4 is 15.6 Å². The average molecular weight is 459 g/mol. The van der Waals surface area contributed by atoms with Crippen LogP contribution in [-0.2, 0) is 24.8 Å². The van der Waals surface area contributed by atoms with Crippen molar-refractivity contribution in [3.05, 3.63) is 86.8 Å². The Labute approximate surface area is 199 Å². The van der Waals surface area contributed by atoms with Gasteiger partial charge in [-0.25, -0.2) is 4.68 Å². The van der Waals surface area contributed by atoms with Crippen molar-refractivity contribution in [2.75, 3.05) is 7.11 Å². The molecule has 0 aliphatic rings. The summed E-state index contributed by atoms with van der Waals surface area (Å²) in [5.74, 6) is 0.650. The molecule has 0 unspecified atom stereocenters. The lowest BCUT2D eigenvalue weighted by molar-refractivity contribution is -0.121. The minimum absolute atomic E-state index is 0.0983. The van der Waals surface area contributed by atoms with Crippen molar-refractivity contribution < 1.29 is 9.53 Å². The van der Waals surface area contributed by atoms with Gasteiger partial charge in [0.15, 0.2) is 0 Å². The van der Waals surface area contributed by atoms with Gasteiger partial charge >= 0.3 is 0 Å². The van der Waals surface area contributed by atoms with Gasteiger partial charge in [-0.2, -0.15) is 5.10 Å². The Morgan fingerprint density at radius 3 is 2.53 bits per heavy atom. The summed E-state index contributed by atoms with van der Waals surface area (Å²) in [7, 11) is 3.38. The normalized spacial score (nSPS) is 11.1. The number of fused-ring (bicyclic) bond motifs is 1. The Morgan fingerprint density at radius 1 is 1.09 bits per heavy atom. The number of hydrogen-bond donors (Lipinski definition) is 1. The van der Waals surface area contributed by atoms with Gasteiger partial charge in [0, 0.05) is 31.0 Å². The Morgan fingerprint density at radius 2 is 1.82 bits per heavy atom. The van der Waals surface area contributed by atoms with E-state index < -0.39 is 0 Å². The molecule has 0 fully saturated rings. The first-order chi connectivity index (χ1) is 16.3. The monoisotopic (exact) mass is 458 g/mol. The molecule has 7 heteroatoms. The number of rotatable bonds is 7. The minimum Gasteiger partial charge on any atom is -0.497 e. The van der Waals surface area contributed by atoms with Crippen LogP contribution in [0.15, 0.2) is 53.3 Å². The molecule has 1 amide bonds. The second-order valence-electron chi connectivity index (χ2n) is 8.63. The minimum atomic E-state index is -0.101. The van der Waals surface area contributed by atoms with Gasteiger partial charge < -0.3 is 10.1 Å². The first-order valence-corrected chi connectivity index (χ1v) is 11.3. The van der Waals surface area contributed by atoms with Crippen LogP contribution >= 0.6 is 0 Å². The maximum absolute atomic E-state index is 13.3. The zero-order valence-corrected chi connectivity index (χ0v) is 20.3. The Bertz CT molecular complexity index is 1410. The molecule has 4 aromatic rings. The van der Waals surface area contributed by atoms with Gasteiger partial charge in [0.05, 0.1) is 18.5 Å². The number of ether oxygens (including phenoxy) is 1. The Kier molecular flexibility index (Phi) is 6.54. The highest BCUT2D eigenvalue weighted by Gasteiger charge is 2.20. The van der Waals surface area contributed by atoms with E-state index in [2.05, 4.69) is 5.32 Å². The molecule has 0 bridgehead atoms. The molecular weight excluding hydrogens is 428 g/mol. The van der Waals surface area contributed by atoms with E-state index in [9.17, 15) is 9.59 Å². The molecule has 0 aliphatic carbocycles. The first kappa shape index (κ1) is 23.3. The molecule has 4 rings (SSSR count). The molecule has 0 aliphatic heterocycles. The van der Waals surface area contributed by atoms with E-state index in [-0.39, 0.29) is 17.9 Å². The van der Waals surface area contributed by atoms with Gasteiger partial charge in [-0.1, -0.05) is 29.8 Å². The van der Waals surface area contributed by atoms with Gasteiger partial charge in [0.25, 0.3) is 5.56 Å². The predicted molar refractivity (Wildman–Crippen MR) is 134 cm³/mol. The largest absolute Gasteiger partial charge is 0.497 e. The topological polar surface area (TPSA) is 78.2 Å². The summed E-state index contributed by atoms with van der Waals surface area (Å²) in [6.45, 7) is 6.35. The van der Waals surface area contributed by atoms with Crippen LogP contribution in [0.1, 0.15) is 34.4 Å². The standard InChI is InChI=1S/C27H30N4O3/c1-17-9-11-21(12-10-17)31-26-25(19(3)29-31)18(2)23(27(33)30(26)4)13-14-24(32)28-16-20-7-6-8-22(15-20)34-5/h6-12,15H,13-14,16H2,1-5H3,(H,28,32). The summed E-state index contributed by atoms with van der Waals surface area (Å²) in [6, 6.07) is 15.6. The number of carbonyl (C=O) groups excluding carboxylic acids is 1. The predicted octanol–water partition coefficient (Wildman–Crippen LogP) is 3.91. The van der Waals surface area contributed by atoms with Crippen molar-refractivity contribution in [2.45, 2.75) is 40.2 Å². The maximum Gasteiger partial charge on any atom is 0.255 e. The number of aromatic nitrogens is 3. The molecular formula is C27H30N4O3. The van der Waals surface area contributed by atoms with Gasteiger partial charge in [-0.15, -0.1) is 0 Å².